The molecule has 1 saturated heterocycles. The van der Waals surface area contributed by atoms with Gasteiger partial charge in [0, 0.05) is 17.0 Å². The SMILES string of the molecule is CCOC(=O)[C@]12CCCCC/C=C\1N(Cc1ccc(OC)cc1)C(=O)[C@H]2CC(=O)NCc1cccs1. The molecule has 0 unspecified atom stereocenters. The van der Waals surface area contributed by atoms with Crippen molar-refractivity contribution >= 4 is 29.1 Å². The van der Waals surface area contributed by atoms with E-state index in [1.54, 1.807) is 30.3 Å². The predicted molar refractivity (Wildman–Crippen MR) is 138 cm³/mol. The van der Waals surface area contributed by atoms with E-state index in [0.29, 0.717) is 25.2 Å². The third kappa shape index (κ3) is 5.33. The first-order valence-electron chi connectivity index (χ1n) is 12.6. The number of hydrogen-bond acceptors (Lipinski definition) is 6. The number of thiophene rings is 1. The molecule has 2 amide bonds. The van der Waals surface area contributed by atoms with E-state index in [1.807, 2.05) is 47.9 Å². The van der Waals surface area contributed by atoms with Crippen molar-refractivity contribution in [3.05, 3.63) is 64.0 Å². The Balaban J connectivity index is 1.67. The number of fused-ring (bicyclic) bond motifs is 1. The fourth-order valence-electron chi connectivity index (χ4n) is 5.30. The fourth-order valence-corrected chi connectivity index (χ4v) is 5.94. The lowest BCUT2D eigenvalue weighted by molar-refractivity contribution is -0.158. The zero-order valence-corrected chi connectivity index (χ0v) is 21.8. The monoisotopic (exact) mass is 510 g/mol. The van der Waals surface area contributed by atoms with Gasteiger partial charge >= 0.3 is 5.97 Å². The quantitative estimate of drug-likeness (QED) is 0.489. The van der Waals surface area contributed by atoms with Crippen molar-refractivity contribution in [1.82, 2.24) is 10.2 Å². The Hall–Kier alpha value is -3.13. The zero-order valence-electron chi connectivity index (χ0n) is 21.0. The van der Waals surface area contributed by atoms with E-state index in [0.717, 1.165) is 41.9 Å². The zero-order chi connectivity index (χ0) is 25.5. The van der Waals surface area contributed by atoms with Gasteiger partial charge in [-0.25, -0.2) is 0 Å². The Morgan fingerprint density at radius 1 is 1.17 bits per heavy atom. The number of nitrogens with zero attached hydrogens (tertiary/aromatic N) is 1. The third-order valence-electron chi connectivity index (χ3n) is 7.09. The number of ether oxygens (including phenoxy) is 2. The molecule has 7 nitrogen and oxygen atoms in total. The van der Waals surface area contributed by atoms with Gasteiger partial charge < -0.3 is 19.7 Å². The van der Waals surface area contributed by atoms with Crippen molar-refractivity contribution in [3.63, 3.8) is 0 Å². The van der Waals surface area contributed by atoms with Gasteiger partial charge in [0.05, 0.1) is 32.7 Å². The molecule has 192 valence electrons. The highest BCUT2D eigenvalue weighted by atomic mass is 32.1. The van der Waals surface area contributed by atoms with Crippen molar-refractivity contribution in [1.29, 1.82) is 0 Å². The second kappa shape index (κ2) is 11.7. The van der Waals surface area contributed by atoms with Gasteiger partial charge in [-0.3, -0.25) is 14.4 Å². The summed E-state index contributed by atoms with van der Waals surface area (Å²) in [5, 5.41) is 4.90. The van der Waals surface area contributed by atoms with Gasteiger partial charge in [0.1, 0.15) is 11.2 Å². The Bertz CT molecular complexity index is 1100. The first-order chi connectivity index (χ1) is 17.5. The molecule has 8 heteroatoms. The van der Waals surface area contributed by atoms with Crippen molar-refractivity contribution in [2.45, 2.75) is 58.5 Å². The number of rotatable bonds is 9. The first-order valence-corrected chi connectivity index (χ1v) is 13.5. The standard InChI is InChI=1S/C28H34N2O5S/c1-3-35-27(33)28-15-7-5-4-6-10-24(28)30(19-20-11-13-21(34-2)14-12-20)26(32)23(28)17-25(31)29-18-22-9-8-16-36-22/h8-14,16,23H,3-7,15,17-19H2,1-2H3,(H,29,31)/b24-10+/t23-,28+/m1/s1. The predicted octanol–water partition coefficient (Wildman–Crippen LogP) is 4.82. The number of likely N-dealkylation sites (tertiary alicyclic amines) is 1. The molecule has 1 fully saturated rings. The number of carbonyl (C=O) groups excluding carboxylic acids is 3. The summed E-state index contributed by atoms with van der Waals surface area (Å²) in [7, 11) is 1.61. The van der Waals surface area contributed by atoms with Crippen LogP contribution in [0.1, 0.15) is 55.9 Å². The molecule has 2 aliphatic rings. The molecule has 1 aromatic heterocycles. The van der Waals surface area contributed by atoms with Gasteiger partial charge in [0.2, 0.25) is 11.8 Å². The van der Waals surface area contributed by atoms with E-state index in [4.69, 9.17) is 9.47 Å². The van der Waals surface area contributed by atoms with Crippen LogP contribution in [0.15, 0.2) is 53.6 Å². The summed E-state index contributed by atoms with van der Waals surface area (Å²) in [4.78, 5) is 43.4. The van der Waals surface area contributed by atoms with E-state index >= 15 is 0 Å². The molecule has 0 radical (unpaired) electrons. The second-order valence-corrected chi connectivity index (χ2v) is 10.3. The lowest BCUT2D eigenvalue weighted by Gasteiger charge is -2.34. The average molecular weight is 511 g/mol. The molecule has 2 heterocycles. The molecule has 0 bridgehead atoms. The Morgan fingerprint density at radius 2 is 1.97 bits per heavy atom. The lowest BCUT2D eigenvalue weighted by atomic mass is 9.69. The summed E-state index contributed by atoms with van der Waals surface area (Å²) in [5.74, 6) is -0.906. The van der Waals surface area contributed by atoms with Gasteiger partial charge in [-0.15, -0.1) is 11.3 Å². The summed E-state index contributed by atoms with van der Waals surface area (Å²) < 4.78 is 10.8. The number of amides is 2. The number of benzene rings is 1. The molecule has 1 N–H and O–H groups in total. The minimum absolute atomic E-state index is 0.0561. The molecule has 2 aromatic rings. The average Bonchev–Trinajstić information content (AvgIpc) is 3.46. The maximum Gasteiger partial charge on any atom is 0.318 e. The van der Waals surface area contributed by atoms with E-state index in [1.165, 1.54) is 0 Å². The van der Waals surface area contributed by atoms with Crippen molar-refractivity contribution < 1.29 is 23.9 Å². The molecule has 0 saturated carbocycles. The molecular formula is C28H34N2O5S. The molecule has 1 aromatic carbocycles. The van der Waals surface area contributed by atoms with Gasteiger partial charge in [-0.2, -0.15) is 0 Å². The smallest absolute Gasteiger partial charge is 0.318 e. The molecule has 0 spiro atoms. The Kier molecular flexibility index (Phi) is 8.46. The van der Waals surface area contributed by atoms with Crippen LogP contribution in [-0.2, 0) is 32.2 Å². The van der Waals surface area contributed by atoms with Crippen molar-refractivity contribution in [3.8, 4) is 5.75 Å². The summed E-state index contributed by atoms with van der Waals surface area (Å²) >= 11 is 1.56. The molecule has 36 heavy (non-hydrogen) atoms. The number of nitrogens with one attached hydrogen (secondary N) is 1. The summed E-state index contributed by atoms with van der Waals surface area (Å²) in [6.45, 7) is 2.72. The summed E-state index contributed by atoms with van der Waals surface area (Å²) in [5.41, 5.74) is 0.463. The van der Waals surface area contributed by atoms with Gasteiger partial charge in [-0.05, 0) is 55.3 Å². The Morgan fingerprint density at radius 3 is 2.67 bits per heavy atom. The molecule has 1 aliphatic carbocycles. The van der Waals surface area contributed by atoms with Crippen LogP contribution < -0.4 is 10.1 Å². The van der Waals surface area contributed by atoms with Crippen LogP contribution in [0.5, 0.6) is 5.75 Å². The summed E-state index contributed by atoms with van der Waals surface area (Å²) in [6.07, 6.45) is 6.01. The molecule has 4 rings (SSSR count). The largest absolute Gasteiger partial charge is 0.497 e. The first kappa shape index (κ1) is 25.9. The normalized spacial score (nSPS) is 23.2. The Labute approximate surface area is 216 Å². The lowest BCUT2D eigenvalue weighted by Crippen LogP contribution is -2.42. The number of carbonyl (C=O) groups is 3. The number of methoxy groups -OCH3 is 1. The highest BCUT2D eigenvalue weighted by molar-refractivity contribution is 7.09. The van der Waals surface area contributed by atoms with Crippen molar-refractivity contribution in [2.24, 2.45) is 11.3 Å². The number of allylic oxidation sites excluding steroid dienone is 1. The maximum absolute atomic E-state index is 14.0. The van der Waals surface area contributed by atoms with Crippen LogP contribution in [0, 0.1) is 11.3 Å². The highest BCUT2D eigenvalue weighted by Gasteiger charge is 2.61. The minimum Gasteiger partial charge on any atom is -0.497 e. The van der Waals surface area contributed by atoms with Crippen LogP contribution in [0.3, 0.4) is 0 Å². The summed E-state index contributed by atoms with van der Waals surface area (Å²) in [6, 6.07) is 11.4. The third-order valence-corrected chi connectivity index (χ3v) is 7.97. The van der Waals surface area contributed by atoms with Gasteiger partial charge in [0.15, 0.2) is 0 Å². The van der Waals surface area contributed by atoms with E-state index < -0.39 is 17.3 Å². The fraction of sp³-hybridized carbons (Fsp3) is 0.464. The van der Waals surface area contributed by atoms with Gasteiger partial charge in [-0.1, -0.05) is 37.1 Å². The minimum atomic E-state index is -1.15. The maximum atomic E-state index is 14.0. The van der Waals surface area contributed by atoms with Gasteiger partial charge in [0.25, 0.3) is 0 Å². The van der Waals surface area contributed by atoms with Crippen LogP contribution in [0.2, 0.25) is 0 Å². The van der Waals surface area contributed by atoms with Crippen LogP contribution in [-0.4, -0.2) is 36.4 Å². The topological polar surface area (TPSA) is 84.9 Å². The van der Waals surface area contributed by atoms with Crippen LogP contribution in [0.4, 0.5) is 0 Å². The number of hydrogen-bond donors (Lipinski definition) is 1. The van der Waals surface area contributed by atoms with E-state index in [-0.39, 0.29) is 24.8 Å². The van der Waals surface area contributed by atoms with Crippen LogP contribution in [0.25, 0.3) is 0 Å². The highest BCUT2D eigenvalue weighted by Crippen LogP contribution is 2.53. The van der Waals surface area contributed by atoms with E-state index in [9.17, 15) is 14.4 Å². The molecular weight excluding hydrogens is 476 g/mol. The van der Waals surface area contributed by atoms with E-state index in [2.05, 4.69) is 5.32 Å². The van der Waals surface area contributed by atoms with Crippen molar-refractivity contribution in [2.75, 3.05) is 13.7 Å². The number of esters is 1. The van der Waals surface area contributed by atoms with Crippen LogP contribution >= 0.6 is 11.3 Å². The molecule has 2 atom stereocenters. The molecule has 1 aliphatic heterocycles. The second-order valence-electron chi connectivity index (χ2n) is 9.27.